The van der Waals surface area contributed by atoms with Crippen molar-refractivity contribution in [2.45, 2.75) is 25.6 Å². The van der Waals surface area contributed by atoms with Crippen molar-refractivity contribution in [3.05, 3.63) is 23.9 Å². The number of alkyl halides is 3. The Morgan fingerprint density at radius 3 is 2.53 bits per heavy atom. The molecule has 1 aromatic heterocycles. The van der Waals surface area contributed by atoms with Crippen LogP contribution in [0.25, 0.3) is 0 Å². The van der Waals surface area contributed by atoms with Crippen LogP contribution in [0.3, 0.4) is 0 Å². The molecular weight excluding hydrogens is 257 g/mol. The molecule has 0 bridgehead atoms. The first-order valence-corrected chi connectivity index (χ1v) is 6.36. The Morgan fingerprint density at radius 2 is 2.05 bits per heavy atom. The number of halogens is 3. The second-order valence-corrected chi connectivity index (χ2v) is 5.63. The van der Waals surface area contributed by atoms with Gasteiger partial charge in [-0.15, -0.1) is 13.2 Å². The van der Waals surface area contributed by atoms with Gasteiger partial charge in [0.2, 0.25) is 5.88 Å². The van der Waals surface area contributed by atoms with Gasteiger partial charge in [0.15, 0.2) is 0 Å². The van der Waals surface area contributed by atoms with Gasteiger partial charge < -0.3 is 10.1 Å². The molecule has 0 amide bonds. The number of aromatic nitrogens is 1. The third kappa shape index (κ3) is 2.83. The summed E-state index contributed by atoms with van der Waals surface area (Å²) < 4.78 is 39.7. The van der Waals surface area contributed by atoms with Crippen molar-refractivity contribution in [1.82, 2.24) is 10.3 Å². The fourth-order valence-corrected chi connectivity index (χ4v) is 3.12. The maximum Gasteiger partial charge on any atom is 0.574 e. The normalized spacial score (nSPS) is 21.8. The van der Waals surface area contributed by atoms with E-state index in [0.29, 0.717) is 11.3 Å². The first kappa shape index (κ1) is 12.7. The van der Waals surface area contributed by atoms with E-state index in [9.17, 15) is 13.2 Å². The summed E-state index contributed by atoms with van der Waals surface area (Å²) >= 11 is 0. The third-order valence-electron chi connectivity index (χ3n) is 3.99. The second-order valence-electron chi connectivity index (χ2n) is 5.63. The second kappa shape index (κ2) is 4.37. The lowest BCUT2D eigenvalue weighted by Gasteiger charge is -2.54. The quantitative estimate of drug-likeness (QED) is 0.918. The molecule has 1 N–H and O–H groups in total. The predicted octanol–water partition coefficient (Wildman–Crippen LogP) is 2.52. The molecule has 3 nitrogen and oxygen atoms in total. The molecule has 1 aliphatic carbocycles. The molecule has 3 rings (SSSR count). The van der Waals surface area contributed by atoms with Crippen LogP contribution in [0.1, 0.15) is 18.4 Å². The molecule has 104 valence electrons. The fraction of sp³-hybridized carbons (Fsp3) is 0.615. The van der Waals surface area contributed by atoms with Crippen LogP contribution >= 0.6 is 0 Å². The van der Waals surface area contributed by atoms with Gasteiger partial charge in [0, 0.05) is 25.4 Å². The highest BCUT2D eigenvalue weighted by Gasteiger charge is 2.47. The summed E-state index contributed by atoms with van der Waals surface area (Å²) in [4.78, 5) is 3.69. The van der Waals surface area contributed by atoms with E-state index in [-0.39, 0.29) is 0 Å². The van der Waals surface area contributed by atoms with E-state index in [1.165, 1.54) is 25.1 Å². The SMILES string of the molecule is FC(F)(F)Oc1ccc(CC2CC3(CNC3)C2)cn1. The third-order valence-corrected chi connectivity index (χ3v) is 3.99. The molecule has 1 saturated heterocycles. The van der Waals surface area contributed by atoms with Crippen LogP contribution in [0.4, 0.5) is 13.2 Å². The molecule has 2 aliphatic rings. The van der Waals surface area contributed by atoms with Crippen LogP contribution in [-0.4, -0.2) is 24.4 Å². The molecule has 1 saturated carbocycles. The molecule has 2 heterocycles. The Morgan fingerprint density at radius 1 is 1.32 bits per heavy atom. The zero-order valence-electron chi connectivity index (χ0n) is 10.3. The van der Waals surface area contributed by atoms with E-state index in [1.54, 1.807) is 6.07 Å². The summed E-state index contributed by atoms with van der Waals surface area (Å²) in [6.45, 7) is 2.22. The number of pyridine rings is 1. The molecular formula is C13H15F3N2O. The van der Waals surface area contributed by atoms with Gasteiger partial charge >= 0.3 is 6.36 Å². The number of rotatable bonds is 3. The average Bonchev–Trinajstić information content (AvgIpc) is 2.20. The van der Waals surface area contributed by atoms with Crippen molar-refractivity contribution in [3.63, 3.8) is 0 Å². The first-order valence-electron chi connectivity index (χ1n) is 6.36. The standard InChI is InChI=1S/C13H15F3N2O/c14-13(15,16)19-11-2-1-9(6-18-11)3-10-4-12(5-10)7-17-8-12/h1-2,6,10,17H,3-5,7-8H2. The van der Waals surface area contributed by atoms with Crippen molar-refractivity contribution in [2.75, 3.05) is 13.1 Å². The monoisotopic (exact) mass is 272 g/mol. The van der Waals surface area contributed by atoms with Gasteiger partial charge in [-0.1, -0.05) is 6.07 Å². The molecule has 1 aliphatic heterocycles. The Labute approximate surface area is 109 Å². The Kier molecular flexibility index (Phi) is 2.92. The average molecular weight is 272 g/mol. The van der Waals surface area contributed by atoms with E-state index < -0.39 is 12.2 Å². The molecule has 1 aromatic rings. The Hall–Kier alpha value is -1.30. The van der Waals surface area contributed by atoms with Gasteiger partial charge in [-0.05, 0) is 36.2 Å². The van der Waals surface area contributed by atoms with E-state index in [0.717, 1.165) is 25.1 Å². The van der Waals surface area contributed by atoms with Crippen LogP contribution in [0.15, 0.2) is 18.3 Å². The van der Waals surface area contributed by atoms with Gasteiger partial charge in [0.1, 0.15) is 0 Å². The van der Waals surface area contributed by atoms with Gasteiger partial charge in [0.25, 0.3) is 0 Å². The molecule has 1 spiro atoms. The minimum absolute atomic E-state index is 0.399. The predicted molar refractivity (Wildman–Crippen MR) is 62.7 cm³/mol. The smallest absolute Gasteiger partial charge is 0.388 e. The Balaban J connectivity index is 1.52. The number of hydrogen-bond donors (Lipinski definition) is 1. The van der Waals surface area contributed by atoms with Crippen LogP contribution in [-0.2, 0) is 6.42 Å². The van der Waals surface area contributed by atoms with Crippen LogP contribution < -0.4 is 10.1 Å². The highest BCUT2D eigenvalue weighted by molar-refractivity contribution is 5.19. The van der Waals surface area contributed by atoms with E-state index in [1.807, 2.05) is 0 Å². The number of hydrogen-bond acceptors (Lipinski definition) is 3. The largest absolute Gasteiger partial charge is 0.574 e. The minimum atomic E-state index is -4.67. The number of ether oxygens (including phenoxy) is 1. The maximum absolute atomic E-state index is 12.0. The van der Waals surface area contributed by atoms with E-state index >= 15 is 0 Å². The van der Waals surface area contributed by atoms with Gasteiger partial charge in [0.05, 0.1) is 0 Å². The summed E-state index contributed by atoms with van der Waals surface area (Å²) in [5.41, 5.74) is 1.50. The Bertz CT molecular complexity index is 446. The molecule has 19 heavy (non-hydrogen) atoms. The van der Waals surface area contributed by atoms with Crippen LogP contribution in [0.2, 0.25) is 0 Å². The topological polar surface area (TPSA) is 34.1 Å². The van der Waals surface area contributed by atoms with Gasteiger partial charge in [-0.3, -0.25) is 0 Å². The van der Waals surface area contributed by atoms with Crippen molar-refractivity contribution >= 4 is 0 Å². The van der Waals surface area contributed by atoms with Crippen LogP contribution in [0, 0.1) is 11.3 Å². The van der Waals surface area contributed by atoms with Gasteiger partial charge in [-0.2, -0.15) is 0 Å². The van der Waals surface area contributed by atoms with Crippen molar-refractivity contribution in [3.8, 4) is 5.88 Å². The number of nitrogens with zero attached hydrogens (tertiary/aromatic N) is 1. The summed E-state index contributed by atoms with van der Waals surface area (Å²) in [5, 5.41) is 3.28. The van der Waals surface area contributed by atoms with E-state index in [2.05, 4.69) is 15.0 Å². The first-order chi connectivity index (χ1) is 8.94. The zero-order valence-corrected chi connectivity index (χ0v) is 10.3. The molecule has 0 aromatic carbocycles. The summed E-state index contributed by atoms with van der Waals surface area (Å²) in [6, 6.07) is 2.94. The summed E-state index contributed by atoms with van der Waals surface area (Å²) in [5.74, 6) is 0.239. The minimum Gasteiger partial charge on any atom is -0.388 e. The van der Waals surface area contributed by atoms with Gasteiger partial charge in [-0.25, -0.2) is 4.98 Å². The lowest BCUT2D eigenvalue weighted by molar-refractivity contribution is -0.276. The lowest BCUT2D eigenvalue weighted by atomic mass is 9.57. The molecule has 0 unspecified atom stereocenters. The fourth-order valence-electron chi connectivity index (χ4n) is 3.12. The highest BCUT2D eigenvalue weighted by atomic mass is 19.4. The highest BCUT2D eigenvalue weighted by Crippen LogP contribution is 2.49. The summed E-state index contributed by atoms with van der Waals surface area (Å²) in [7, 11) is 0. The zero-order chi connectivity index (χ0) is 13.5. The molecule has 6 heteroatoms. The molecule has 0 atom stereocenters. The lowest BCUT2D eigenvalue weighted by Crippen LogP contribution is -2.60. The van der Waals surface area contributed by atoms with E-state index in [4.69, 9.17) is 0 Å². The molecule has 2 fully saturated rings. The van der Waals surface area contributed by atoms with Crippen LogP contribution in [0.5, 0.6) is 5.88 Å². The molecule has 0 radical (unpaired) electrons. The summed E-state index contributed by atoms with van der Waals surface area (Å²) in [6.07, 6.45) is 0.111. The van der Waals surface area contributed by atoms with Crippen molar-refractivity contribution in [2.24, 2.45) is 11.3 Å². The van der Waals surface area contributed by atoms with Crippen molar-refractivity contribution in [1.29, 1.82) is 0 Å². The maximum atomic E-state index is 12.0. The van der Waals surface area contributed by atoms with Crippen molar-refractivity contribution < 1.29 is 17.9 Å². The number of nitrogens with one attached hydrogen (secondary N) is 1.